The Bertz CT molecular complexity index is 355. The van der Waals surface area contributed by atoms with E-state index < -0.39 is 0 Å². The number of hydrogen-bond acceptors (Lipinski definition) is 3. The molecule has 0 bridgehead atoms. The highest BCUT2D eigenvalue weighted by molar-refractivity contribution is 7.16. The molecule has 1 N–H and O–H groups in total. The molecule has 2 atom stereocenters. The molecule has 0 aromatic carbocycles. The lowest BCUT2D eigenvalue weighted by molar-refractivity contribution is -0.0554. The van der Waals surface area contributed by atoms with Crippen LogP contribution in [0, 0.1) is 0 Å². The summed E-state index contributed by atoms with van der Waals surface area (Å²) in [7, 11) is 0. The quantitative estimate of drug-likeness (QED) is 0.752. The van der Waals surface area contributed by atoms with Crippen LogP contribution < -0.4 is 5.32 Å². The summed E-state index contributed by atoms with van der Waals surface area (Å²) in [5.74, 6) is 0. The highest BCUT2D eigenvalue weighted by Crippen LogP contribution is 2.37. The number of hydrogen-bond donors (Lipinski definition) is 1. The van der Waals surface area contributed by atoms with Crippen molar-refractivity contribution in [3.05, 3.63) is 21.3 Å². The molecule has 0 spiro atoms. The zero-order valence-electron chi connectivity index (χ0n) is 11.8. The lowest BCUT2D eigenvalue weighted by Crippen LogP contribution is -2.43. The lowest BCUT2D eigenvalue weighted by Gasteiger charge is -2.37. The molecule has 1 heterocycles. The van der Waals surface area contributed by atoms with Crippen LogP contribution in [-0.2, 0) is 4.74 Å². The van der Waals surface area contributed by atoms with E-state index in [-0.39, 0.29) is 11.6 Å². The van der Waals surface area contributed by atoms with E-state index in [1.807, 2.05) is 13.0 Å². The highest BCUT2D eigenvalue weighted by atomic mass is 35.5. The third kappa shape index (κ3) is 3.95. The van der Waals surface area contributed by atoms with Crippen LogP contribution in [0.5, 0.6) is 0 Å². The molecular weight excluding hydrogens is 266 g/mol. The largest absolute Gasteiger partial charge is 0.374 e. The molecule has 1 aromatic rings. The number of nitrogens with one attached hydrogen (secondary N) is 1. The molecule has 0 saturated heterocycles. The third-order valence-electron chi connectivity index (χ3n) is 3.26. The number of thiophene rings is 1. The molecule has 1 aromatic heterocycles. The molecular formula is C14H24ClNOS. The highest BCUT2D eigenvalue weighted by Gasteiger charge is 2.35. The van der Waals surface area contributed by atoms with Gasteiger partial charge >= 0.3 is 0 Å². The fourth-order valence-corrected chi connectivity index (χ4v) is 3.39. The Morgan fingerprint density at radius 3 is 2.56 bits per heavy atom. The zero-order valence-corrected chi connectivity index (χ0v) is 13.3. The predicted octanol–water partition coefficient (Wildman–Crippen LogP) is 4.65. The first-order chi connectivity index (χ1) is 8.57. The molecule has 0 saturated carbocycles. The van der Waals surface area contributed by atoms with Crippen LogP contribution in [0.25, 0.3) is 0 Å². The SMILES string of the molecule is CCCNC(c1ccc(Cl)s1)C(C)(CC)OCC. The van der Waals surface area contributed by atoms with Gasteiger partial charge in [-0.05, 0) is 45.4 Å². The van der Waals surface area contributed by atoms with E-state index in [2.05, 4.69) is 32.2 Å². The number of rotatable bonds is 8. The van der Waals surface area contributed by atoms with Crippen molar-refractivity contribution in [2.45, 2.75) is 52.2 Å². The molecule has 0 aliphatic carbocycles. The Kier molecular flexibility index (Phi) is 6.64. The van der Waals surface area contributed by atoms with E-state index in [0.29, 0.717) is 0 Å². The number of ether oxygens (including phenoxy) is 1. The molecule has 0 radical (unpaired) electrons. The van der Waals surface area contributed by atoms with E-state index >= 15 is 0 Å². The summed E-state index contributed by atoms with van der Waals surface area (Å²) in [6.45, 7) is 10.3. The molecule has 1 rings (SSSR count). The van der Waals surface area contributed by atoms with Crippen molar-refractivity contribution in [2.75, 3.05) is 13.2 Å². The normalized spacial score (nSPS) is 16.5. The Hall–Kier alpha value is -0.0900. The van der Waals surface area contributed by atoms with Crippen LogP contribution in [0.3, 0.4) is 0 Å². The minimum atomic E-state index is -0.182. The second kappa shape index (κ2) is 7.49. The number of halogens is 1. The minimum Gasteiger partial charge on any atom is -0.374 e. The molecule has 2 nitrogen and oxygen atoms in total. The summed E-state index contributed by atoms with van der Waals surface area (Å²) < 4.78 is 6.84. The van der Waals surface area contributed by atoms with Crippen LogP contribution >= 0.6 is 22.9 Å². The minimum absolute atomic E-state index is 0.182. The van der Waals surface area contributed by atoms with Crippen LogP contribution in [0.1, 0.15) is 51.5 Å². The Morgan fingerprint density at radius 1 is 1.39 bits per heavy atom. The molecule has 104 valence electrons. The monoisotopic (exact) mass is 289 g/mol. The van der Waals surface area contributed by atoms with Gasteiger partial charge in [0.25, 0.3) is 0 Å². The predicted molar refractivity (Wildman–Crippen MR) is 80.7 cm³/mol. The van der Waals surface area contributed by atoms with E-state index in [1.165, 1.54) is 4.88 Å². The van der Waals surface area contributed by atoms with Gasteiger partial charge in [-0.15, -0.1) is 11.3 Å². The molecule has 0 fully saturated rings. The molecule has 4 heteroatoms. The van der Waals surface area contributed by atoms with Gasteiger partial charge in [0.1, 0.15) is 0 Å². The van der Waals surface area contributed by atoms with Crippen LogP contribution in [-0.4, -0.2) is 18.8 Å². The average Bonchev–Trinajstić information content (AvgIpc) is 2.76. The van der Waals surface area contributed by atoms with Gasteiger partial charge in [0.15, 0.2) is 0 Å². The summed E-state index contributed by atoms with van der Waals surface area (Å²) in [5.41, 5.74) is -0.182. The smallest absolute Gasteiger partial charge is 0.0931 e. The topological polar surface area (TPSA) is 21.3 Å². The summed E-state index contributed by atoms with van der Waals surface area (Å²) in [5, 5.41) is 3.60. The van der Waals surface area contributed by atoms with Crippen molar-refractivity contribution < 1.29 is 4.74 Å². The van der Waals surface area contributed by atoms with Gasteiger partial charge in [0, 0.05) is 11.5 Å². The van der Waals surface area contributed by atoms with Crippen molar-refractivity contribution in [1.29, 1.82) is 0 Å². The van der Waals surface area contributed by atoms with Crippen molar-refractivity contribution in [3.63, 3.8) is 0 Å². The molecule has 0 aliphatic rings. The zero-order chi connectivity index (χ0) is 13.6. The van der Waals surface area contributed by atoms with E-state index in [9.17, 15) is 0 Å². The Balaban J connectivity index is 2.95. The molecule has 0 aliphatic heterocycles. The van der Waals surface area contributed by atoms with Crippen molar-refractivity contribution >= 4 is 22.9 Å². The molecule has 2 unspecified atom stereocenters. The maximum Gasteiger partial charge on any atom is 0.0931 e. The van der Waals surface area contributed by atoms with Gasteiger partial charge in [-0.2, -0.15) is 0 Å². The van der Waals surface area contributed by atoms with E-state index in [4.69, 9.17) is 16.3 Å². The fourth-order valence-electron chi connectivity index (χ4n) is 2.11. The third-order valence-corrected chi connectivity index (χ3v) is 4.56. The summed E-state index contributed by atoms with van der Waals surface area (Å²) in [4.78, 5) is 1.26. The van der Waals surface area contributed by atoms with Crippen LogP contribution in [0.15, 0.2) is 12.1 Å². The first kappa shape index (κ1) is 16.0. The van der Waals surface area contributed by atoms with Gasteiger partial charge in [-0.3, -0.25) is 0 Å². The molecule has 0 amide bonds. The van der Waals surface area contributed by atoms with Crippen LogP contribution in [0.4, 0.5) is 0 Å². The van der Waals surface area contributed by atoms with Crippen molar-refractivity contribution in [2.24, 2.45) is 0 Å². The first-order valence-electron chi connectivity index (χ1n) is 6.70. The van der Waals surface area contributed by atoms with Gasteiger partial charge in [-0.1, -0.05) is 25.4 Å². The van der Waals surface area contributed by atoms with Gasteiger partial charge < -0.3 is 10.1 Å². The summed E-state index contributed by atoms with van der Waals surface area (Å²) in [6.07, 6.45) is 2.08. The Labute approximate surface area is 120 Å². The van der Waals surface area contributed by atoms with Crippen molar-refractivity contribution in [3.8, 4) is 0 Å². The van der Waals surface area contributed by atoms with E-state index in [1.54, 1.807) is 11.3 Å². The maximum absolute atomic E-state index is 6.06. The first-order valence-corrected chi connectivity index (χ1v) is 7.89. The van der Waals surface area contributed by atoms with Gasteiger partial charge in [-0.25, -0.2) is 0 Å². The van der Waals surface area contributed by atoms with Gasteiger partial charge in [0.2, 0.25) is 0 Å². The fraction of sp³-hybridized carbons (Fsp3) is 0.714. The summed E-state index contributed by atoms with van der Waals surface area (Å²) in [6, 6.07) is 4.28. The van der Waals surface area contributed by atoms with Crippen molar-refractivity contribution in [1.82, 2.24) is 5.32 Å². The molecule has 18 heavy (non-hydrogen) atoms. The second-order valence-electron chi connectivity index (χ2n) is 4.63. The summed E-state index contributed by atoms with van der Waals surface area (Å²) >= 11 is 7.70. The standard InChI is InChI=1S/C14H24ClNOS/c1-5-10-16-13(11-8-9-12(15)18-11)14(4,6-2)17-7-3/h8-9,13,16H,5-7,10H2,1-4H3. The van der Waals surface area contributed by atoms with Crippen LogP contribution in [0.2, 0.25) is 4.34 Å². The Morgan fingerprint density at radius 2 is 2.11 bits per heavy atom. The van der Waals surface area contributed by atoms with E-state index in [0.717, 1.165) is 30.3 Å². The van der Waals surface area contributed by atoms with Gasteiger partial charge in [0.05, 0.1) is 16.0 Å². The maximum atomic E-state index is 6.06. The average molecular weight is 290 g/mol. The lowest BCUT2D eigenvalue weighted by atomic mass is 9.91. The second-order valence-corrected chi connectivity index (χ2v) is 6.37.